The van der Waals surface area contributed by atoms with Crippen molar-refractivity contribution in [2.45, 2.75) is 77.3 Å². The molecule has 3 heterocycles. The van der Waals surface area contributed by atoms with Gasteiger partial charge in [-0.15, -0.1) is 6.42 Å². The molecule has 21 heavy (non-hydrogen) atoms. The van der Waals surface area contributed by atoms with Crippen molar-refractivity contribution in [2.75, 3.05) is 0 Å². The highest BCUT2D eigenvalue weighted by atomic mass is 79.9. The van der Waals surface area contributed by atoms with Gasteiger partial charge in [0.15, 0.2) is 5.79 Å². The topological polar surface area (TPSA) is 27.7 Å². The molecular formula is C15H19Br3O3. The molecule has 0 aromatic heterocycles. The molecular weight excluding hydrogens is 468 g/mol. The first-order chi connectivity index (χ1) is 9.99. The van der Waals surface area contributed by atoms with Gasteiger partial charge in [0.2, 0.25) is 0 Å². The van der Waals surface area contributed by atoms with Gasteiger partial charge in [-0.3, -0.25) is 0 Å². The monoisotopic (exact) mass is 484 g/mol. The second-order valence-corrected chi connectivity index (χ2v) is 9.24. The van der Waals surface area contributed by atoms with E-state index in [9.17, 15) is 0 Å². The first-order valence-electron chi connectivity index (χ1n) is 7.38. The smallest absolute Gasteiger partial charge is 0.184 e. The average Bonchev–Trinajstić information content (AvgIpc) is 3.10. The normalized spacial score (nSPS) is 48.2. The van der Waals surface area contributed by atoms with Gasteiger partial charge in [0.25, 0.3) is 0 Å². The Kier molecular flexibility index (Phi) is 5.11. The first-order valence-corrected chi connectivity index (χ1v) is 10.1. The van der Waals surface area contributed by atoms with E-state index in [1.807, 2.05) is 0 Å². The van der Waals surface area contributed by atoms with Gasteiger partial charge in [0.05, 0.1) is 29.2 Å². The predicted octanol–water partition coefficient (Wildman–Crippen LogP) is 3.75. The van der Waals surface area contributed by atoms with Crippen LogP contribution in [0.5, 0.6) is 0 Å². The maximum absolute atomic E-state index is 6.29. The molecule has 0 N–H and O–H groups in total. The van der Waals surface area contributed by atoms with Gasteiger partial charge in [-0.1, -0.05) is 60.6 Å². The minimum atomic E-state index is -0.538. The van der Waals surface area contributed by atoms with Crippen LogP contribution in [0.25, 0.3) is 0 Å². The fourth-order valence-corrected chi connectivity index (χ4v) is 4.89. The molecule has 6 heteroatoms. The van der Waals surface area contributed by atoms with Crippen molar-refractivity contribution in [1.82, 2.24) is 0 Å². The van der Waals surface area contributed by atoms with Crippen molar-refractivity contribution in [2.24, 2.45) is 0 Å². The number of fused-ring (bicyclic) bond motifs is 1. The number of halogens is 3. The molecule has 3 rings (SSSR count). The standard InChI is InChI=1S/C15H19Br3O3/c1-3-8(16)10-5-12-13(19-10)7-15(21-12)14(18)6-11(20-15)9(17)4-2/h1,8-14H,4-7H2,2H3/t8-,9-,10-,11+,12-,13-,14+,15+/m1/s1. The number of rotatable bonds is 3. The average molecular weight is 487 g/mol. The van der Waals surface area contributed by atoms with Gasteiger partial charge in [0.1, 0.15) is 4.83 Å². The molecule has 0 bridgehead atoms. The van der Waals surface area contributed by atoms with Crippen LogP contribution in [0.3, 0.4) is 0 Å². The summed E-state index contributed by atoms with van der Waals surface area (Å²) in [6.45, 7) is 2.16. The lowest BCUT2D eigenvalue weighted by molar-refractivity contribution is -0.213. The molecule has 3 aliphatic heterocycles. The Morgan fingerprint density at radius 3 is 2.62 bits per heavy atom. The Bertz CT molecular complexity index is 424. The molecule has 3 aliphatic rings. The fraction of sp³-hybridized carbons (Fsp3) is 0.867. The molecule has 3 fully saturated rings. The zero-order valence-corrected chi connectivity index (χ0v) is 16.6. The summed E-state index contributed by atoms with van der Waals surface area (Å²) >= 11 is 10.9. The maximum Gasteiger partial charge on any atom is 0.184 e. The number of hydrogen-bond acceptors (Lipinski definition) is 3. The summed E-state index contributed by atoms with van der Waals surface area (Å²) in [6.07, 6.45) is 9.43. The van der Waals surface area contributed by atoms with Crippen LogP contribution in [-0.4, -0.2) is 44.7 Å². The van der Waals surface area contributed by atoms with Crippen molar-refractivity contribution >= 4 is 47.8 Å². The van der Waals surface area contributed by atoms with E-state index in [1.165, 1.54) is 0 Å². The molecule has 0 aromatic rings. The Balaban J connectivity index is 1.65. The number of terminal acetylenes is 1. The van der Waals surface area contributed by atoms with Gasteiger partial charge in [-0.05, 0) is 12.8 Å². The van der Waals surface area contributed by atoms with Crippen molar-refractivity contribution < 1.29 is 14.2 Å². The lowest BCUT2D eigenvalue weighted by Gasteiger charge is -2.29. The Morgan fingerprint density at radius 1 is 1.24 bits per heavy atom. The van der Waals surface area contributed by atoms with E-state index in [1.54, 1.807) is 0 Å². The highest BCUT2D eigenvalue weighted by Crippen LogP contribution is 2.51. The summed E-state index contributed by atoms with van der Waals surface area (Å²) in [5, 5.41) is 0. The third kappa shape index (κ3) is 2.99. The molecule has 3 saturated heterocycles. The summed E-state index contributed by atoms with van der Waals surface area (Å²) in [6, 6.07) is 0. The number of hydrogen-bond donors (Lipinski definition) is 0. The second kappa shape index (κ2) is 6.41. The van der Waals surface area contributed by atoms with Crippen molar-refractivity contribution in [3.05, 3.63) is 0 Å². The van der Waals surface area contributed by atoms with E-state index < -0.39 is 5.79 Å². The summed E-state index contributed by atoms with van der Waals surface area (Å²) in [4.78, 5) is 0.524. The third-order valence-electron chi connectivity index (χ3n) is 4.61. The van der Waals surface area contributed by atoms with E-state index in [-0.39, 0.29) is 34.1 Å². The third-order valence-corrected chi connectivity index (χ3v) is 7.77. The lowest BCUT2D eigenvalue weighted by Crippen LogP contribution is -2.38. The van der Waals surface area contributed by atoms with Crippen molar-refractivity contribution in [3.63, 3.8) is 0 Å². The minimum Gasteiger partial charge on any atom is -0.370 e. The Morgan fingerprint density at radius 2 is 2.00 bits per heavy atom. The van der Waals surface area contributed by atoms with Crippen LogP contribution in [0, 0.1) is 12.3 Å². The summed E-state index contributed by atoms with van der Waals surface area (Å²) < 4.78 is 18.6. The zero-order chi connectivity index (χ0) is 15.2. The summed E-state index contributed by atoms with van der Waals surface area (Å²) in [7, 11) is 0. The molecule has 118 valence electrons. The number of ether oxygens (including phenoxy) is 3. The van der Waals surface area contributed by atoms with Crippen LogP contribution in [-0.2, 0) is 14.2 Å². The molecule has 0 amide bonds. The van der Waals surface area contributed by atoms with E-state index in [0.717, 1.165) is 25.7 Å². The van der Waals surface area contributed by atoms with Gasteiger partial charge in [0, 0.05) is 17.7 Å². The first kappa shape index (κ1) is 16.7. The largest absolute Gasteiger partial charge is 0.370 e. The Labute approximate surface area is 151 Å². The van der Waals surface area contributed by atoms with E-state index in [4.69, 9.17) is 20.6 Å². The summed E-state index contributed by atoms with van der Waals surface area (Å²) in [5.74, 6) is 2.15. The van der Waals surface area contributed by atoms with Crippen LogP contribution in [0.1, 0.15) is 32.6 Å². The van der Waals surface area contributed by atoms with E-state index in [2.05, 4.69) is 60.6 Å². The minimum absolute atomic E-state index is 0.0351. The molecule has 0 aromatic carbocycles. The molecule has 0 aliphatic carbocycles. The molecule has 3 nitrogen and oxygen atoms in total. The second-order valence-electron chi connectivity index (χ2n) is 5.97. The summed E-state index contributed by atoms with van der Waals surface area (Å²) in [5.41, 5.74) is 0. The van der Waals surface area contributed by atoms with Gasteiger partial charge in [-0.2, -0.15) is 0 Å². The zero-order valence-electron chi connectivity index (χ0n) is 11.8. The lowest BCUT2D eigenvalue weighted by atomic mass is 10.0. The van der Waals surface area contributed by atoms with Gasteiger partial charge < -0.3 is 14.2 Å². The maximum atomic E-state index is 6.29. The highest BCUT2D eigenvalue weighted by molar-refractivity contribution is 9.10. The van der Waals surface area contributed by atoms with Crippen molar-refractivity contribution in [1.29, 1.82) is 0 Å². The van der Waals surface area contributed by atoms with Gasteiger partial charge >= 0.3 is 0 Å². The van der Waals surface area contributed by atoms with Crippen LogP contribution in [0.15, 0.2) is 0 Å². The molecule has 0 radical (unpaired) electrons. The van der Waals surface area contributed by atoms with Crippen LogP contribution < -0.4 is 0 Å². The van der Waals surface area contributed by atoms with Crippen LogP contribution in [0.2, 0.25) is 0 Å². The van der Waals surface area contributed by atoms with Gasteiger partial charge in [-0.25, -0.2) is 0 Å². The molecule has 0 saturated carbocycles. The molecule has 8 atom stereocenters. The number of alkyl halides is 3. The molecule has 0 unspecified atom stereocenters. The van der Waals surface area contributed by atoms with Crippen LogP contribution in [0.4, 0.5) is 0 Å². The van der Waals surface area contributed by atoms with E-state index in [0.29, 0.717) is 4.83 Å². The SMILES string of the molecule is C#C[C@@H](Br)[C@H]1C[C@H]2O[C@]3(C[C@H]2O1)O[C@H]([C@H](Br)CC)C[C@@H]3Br. The quantitative estimate of drug-likeness (QED) is 0.449. The fourth-order valence-electron chi connectivity index (χ4n) is 3.46. The van der Waals surface area contributed by atoms with Crippen molar-refractivity contribution in [3.8, 4) is 12.3 Å². The highest BCUT2D eigenvalue weighted by Gasteiger charge is 2.60. The van der Waals surface area contributed by atoms with E-state index >= 15 is 0 Å². The molecule has 1 spiro atoms. The predicted molar refractivity (Wildman–Crippen MR) is 92.3 cm³/mol. The van der Waals surface area contributed by atoms with Crippen LogP contribution >= 0.6 is 47.8 Å². The Hall–Kier alpha value is 0.880.